The van der Waals surface area contributed by atoms with Gasteiger partial charge in [0.25, 0.3) is 5.91 Å². The van der Waals surface area contributed by atoms with Crippen LogP contribution < -0.4 is 25.4 Å². The number of hydrogen-bond donors (Lipinski definition) is 2. The summed E-state index contributed by atoms with van der Waals surface area (Å²) in [5.41, 5.74) is 8.05. The van der Waals surface area contributed by atoms with Crippen LogP contribution in [0.5, 0.6) is 11.5 Å². The highest BCUT2D eigenvalue weighted by atomic mass is 35.5. The van der Waals surface area contributed by atoms with Crippen molar-refractivity contribution < 1.29 is 19.0 Å². The molecule has 1 saturated heterocycles. The van der Waals surface area contributed by atoms with Crippen molar-refractivity contribution in [3.05, 3.63) is 47.0 Å². The van der Waals surface area contributed by atoms with Crippen LogP contribution in [0.3, 0.4) is 0 Å². The van der Waals surface area contributed by atoms with E-state index in [0.717, 1.165) is 43.2 Å². The molecule has 28 heavy (non-hydrogen) atoms. The zero-order valence-electron chi connectivity index (χ0n) is 15.7. The Hall–Kier alpha value is -2.64. The van der Waals surface area contributed by atoms with Crippen LogP contribution >= 0.6 is 11.6 Å². The van der Waals surface area contributed by atoms with Crippen LogP contribution in [0.4, 0.5) is 11.4 Å². The minimum Gasteiger partial charge on any atom is -0.493 e. The number of rotatable bonds is 8. The second-order valence-electron chi connectivity index (χ2n) is 6.36. The number of nitrogens with zero attached hydrogens (tertiary/aromatic N) is 1. The van der Waals surface area contributed by atoms with Gasteiger partial charge in [-0.2, -0.15) is 0 Å². The molecule has 0 atom stereocenters. The molecule has 1 fully saturated rings. The third-order valence-electron chi connectivity index (χ3n) is 4.39. The second kappa shape index (κ2) is 9.52. The van der Waals surface area contributed by atoms with Crippen LogP contribution in [0.25, 0.3) is 0 Å². The van der Waals surface area contributed by atoms with E-state index in [4.69, 9.17) is 31.5 Å². The largest absolute Gasteiger partial charge is 0.493 e. The monoisotopic (exact) mass is 405 g/mol. The minimum absolute atomic E-state index is 0.193. The van der Waals surface area contributed by atoms with E-state index < -0.39 is 5.91 Å². The van der Waals surface area contributed by atoms with Crippen LogP contribution in [0.15, 0.2) is 36.4 Å². The van der Waals surface area contributed by atoms with Crippen LogP contribution in [-0.4, -0.2) is 45.9 Å². The predicted molar refractivity (Wildman–Crippen MR) is 109 cm³/mol. The molecule has 1 aliphatic heterocycles. The number of methoxy groups -OCH3 is 1. The number of nitrogens with two attached hydrogens (primary N) is 1. The van der Waals surface area contributed by atoms with E-state index in [9.17, 15) is 4.79 Å². The van der Waals surface area contributed by atoms with E-state index >= 15 is 0 Å². The van der Waals surface area contributed by atoms with Crippen LogP contribution in [0.1, 0.15) is 5.56 Å². The highest BCUT2D eigenvalue weighted by molar-refractivity contribution is 6.33. The Morgan fingerprint density at radius 2 is 2.00 bits per heavy atom. The summed E-state index contributed by atoms with van der Waals surface area (Å²) in [7, 11) is 1.55. The summed E-state index contributed by atoms with van der Waals surface area (Å²) in [6.45, 7) is 3.52. The Labute approximate surface area is 169 Å². The zero-order valence-corrected chi connectivity index (χ0v) is 16.5. The van der Waals surface area contributed by atoms with Gasteiger partial charge in [0.05, 0.1) is 31.0 Å². The molecule has 0 aromatic heterocycles. The molecule has 7 nitrogen and oxygen atoms in total. The average molecular weight is 406 g/mol. The highest BCUT2D eigenvalue weighted by Gasteiger charge is 2.14. The maximum atomic E-state index is 10.9. The Morgan fingerprint density at radius 1 is 1.21 bits per heavy atom. The van der Waals surface area contributed by atoms with Crippen molar-refractivity contribution in [3.8, 4) is 11.5 Å². The minimum atomic E-state index is -0.537. The molecule has 2 aromatic rings. The van der Waals surface area contributed by atoms with Gasteiger partial charge in [0.1, 0.15) is 0 Å². The fourth-order valence-electron chi connectivity index (χ4n) is 2.97. The fourth-order valence-corrected chi connectivity index (χ4v) is 3.27. The number of benzene rings is 2. The standard InChI is InChI=1S/C20H24ClN3O4/c1-26-19-10-14(2-5-18(19)28-13-20(22)25)12-23-15-3-4-17(16(21)11-15)24-6-8-27-9-7-24/h2-5,10-11,23H,6-9,12-13H2,1H3,(H2,22,25). The summed E-state index contributed by atoms with van der Waals surface area (Å²) in [4.78, 5) is 13.1. The SMILES string of the molecule is COc1cc(CNc2ccc(N3CCOCC3)c(Cl)c2)ccc1OCC(N)=O. The molecule has 1 aliphatic rings. The maximum Gasteiger partial charge on any atom is 0.255 e. The number of carbonyl (C=O) groups is 1. The quantitative estimate of drug-likeness (QED) is 0.702. The molecule has 0 saturated carbocycles. The number of amides is 1. The van der Waals surface area contributed by atoms with Crippen molar-refractivity contribution >= 4 is 28.9 Å². The van der Waals surface area contributed by atoms with Crippen molar-refractivity contribution in [1.29, 1.82) is 0 Å². The van der Waals surface area contributed by atoms with Gasteiger partial charge in [0, 0.05) is 25.3 Å². The average Bonchev–Trinajstić information content (AvgIpc) is 2.71. The van der Waals surface area contributed by atoms with Gasteiger partial charge in [-0.15, -0.1) is 0 Å². The molecule has 1 heterocycles. The van der Waals surface area contributed by atoms with Crippen LogP contribution in [0, 0.1) is 0 Å². The lowest BCUT2D eigenvalue weighted by atomic mass is 10.2. The lowest BCUT2D eigenvalue weighted by Gasteiger charge is -2.29. The van der Waals surface area contributed by atoms with Gasteiger partial charge in [-0.25, -0.2) is 0 Å². The molecule has 1 amide bonds. The van der Waals surface area contributed by atoms with E-state index in [-0.39, 0.29) is 6.61 Å². The zero-order chi connectivity index (χ0) is 19.9. The summed E-state index contributed by atoms with van der Waals surface area (Å²) in [6.07, 6.45) is 0. The number of halogens is 1. The van der Waals surface area contributed by atoms with Gasteiger partial charge in [0.2, 0.25) is 0 Å². The third-order valence-corrected chi connectivity index (χ3v) is 4.70. The summed E-state index contributed by atoms with van der Waals surface area (Å²) in [5, 5.41) is 4.06. The lowest BCUT2D eigenvalue weighted by molar-refractivity contribution is -0.119. The Kier molecular flexibility index (Phi) is 6.84. The summed E-state index contributed by atoms with van der Waals surface area (Å²) in [5.74, 6) is 0.481. The number of ether oxygens (including phenoxy) is 3. The molecule has 150 valence electrons. The highest BCUT2D eigenvalue weighted by Crippen LogP contribution is 2.31. The number of hydrogen-bond acceptors (Lipinski definition) is 6. The van der Waals surface area contributed by atoms with E-state index in [1.54, 1.807) is 13.2 Å². The van der Waals surface area contributed by atoms with Crippen molar-refractivity contribution in [2.75, 3.05) is 50.2 Å². The number of anilines is 2. The van der Waals surface area contributed by atoms with Gasteiger partial charge in [-0.1, -0.05) is 17.7 Å². The third kappa shape index (κ3) is 5.21. The maximum absolute atomic E-state index is 10.9. The first kappa shape index (κ1) is 20.1. The van der Waals surface area contributed by atoms with E-state index in [1.807, 2.05) is 30.3 Å². The Balaban J connectivity index is 1.63. The second-order valence-corrected chi connectivity index (χ2v) is 6.77. The van der Waals surface area contributed by atoms with Gasteiger partial charge in [-0.3, -0.25) is 4.79 Å². The first-order valence-corrected chi connectivity index (χ1v) is 9.39. The Bertz CT molecular complexity index is 825. The molecule has 0 radical (unpaired) electrons. The molecule has 0 bridgehead atoms. The Morgan fingerprint density at radius 3 is 2.68 bits per heavy atom. The number of carbonyl (C=O) groups excluding carboxylic acids is 1. The molecule has 0 aliphatic carbocycles. The molecule has 3 N–H and O–H groups in total. The van der Waals surface area contributed by atoms with Crippen LogP contribution in [0.2, 0.25) is 5.02 Å². The summed E-state index contributed by atoms with van der Waals surface area (Å²) < 4.78 is 16.1. The number of nitrogens with one attached hydrogen (secondary N) is 1. The van der Waals surface area contributed by atoms with Gasteiger partial charge in [0.15, 0.2) is 18.1 Å². The van der Waals surface area contributed by atoms with Crippen molar-refractivity contribution in [3.63, 3.8) is 0 Å². The predicted octanol–water partition coefficient (Wildman–Crippen LogP) is 2.66. The van der Waals surface area contributed by atoms with Crippen molar-refractivity contribution in [2.24, 2.45) is 5.73 Å². The smallest absolute Gasteiger partial charge is 0.255 e. The summed E-state index contributed by atoms with van der Waals surface area (Å²) in [6, 6.07) is 11.5. The molecule has 0 spiro atoms. The normalized spacial score (nSPS) is 13.9. The molecular weight excluding hydrogens is 382 g/mol. The van der Waals surface area contributed by atoms with E-state index in [2.05, 4.69) is 10.2 Å². The molecule has 2 aromatic carbocycles. The number of morpholine rings is 1. The first-order chi connectivity index (χ1) is 13.6. The molecular formula is C20H24ClN3O4. The van der Waals surface area contributed by atoms with Crippen molar-refractivity contribution in [2.45, 2.75) is 6.54 Å². The lowest BCUT2D eigenvalue weighted by Crippen LogP contribution is -2.36. The van der Waals surface area contributed by atoms with Gasteiger partial charge in [-0.05, 0) is 35.9 Å². The van der Waals surface area contributed by atoms with E-state index in [0.29, 0.717) is 23.1 Å². The van der Waals surface area contributed by atoms with Crippen LogP contribution in [-0.2, 0) is 16.1 Å². The molecule has 0 unspecified atom stereocenters. The number of primary amides is 1. The summed E-state index contributed by atoms with van der Waals surface area (Å²) >= 11 is 6.48. The topological polar surface area (TPSA) is 86.1 Å². The molecule has 8 heteroatoms. The van der Waals surface area contributed by atoms with Crippen molar-refractivity contribution in [1.82, 2.24) is 0 Å². The van der Waals surface area contributed by atoms with Gasteiger partial charge >= 0.3 is 0 Å². The fraction of sp³-hybridized carbons (Fsp3) is 0.350. The first-order valence-electron chi connectivity index (χ1n) is 9.01. The van der Waals surface area contributed by atoms with Gasteiger partial charge < -0.3 is 30.2 Å². The van der Waals surface area contributed by atoms with E-state index in [1.165, 1.54) is 0 Å². The molecule has 3 rings (SSSR count).